The van der Waals surface area contributed by atoms with Crippen molar-refractivity contribution in [3.8, 4) is 0 Å². The SMILES string of the molecule is Nc1ccccc1C1CC1C(=O)/C=C/c1ccc(C(NCCCC2CCCCOCC2)C(=O)CCc2ccc(C(F)(F)F)nc2)cc1. The van der Waals surface area contributed by atoms with E-state index in [9.17, 15) is 22.8 Å². The van der Waals surface area contributed by atoms with Gasteiger partial charge < -0.3 is 15.8 Å². The first-order valence-electron chi connectivity index (χ1n) is 16.7. The lowest BCUT2D eigenvalue weighted by Crippen LogP contribution is -2.30. The van der Waals surface area contributed by atoms with Crippen molar-refractivity contribution in [3.63, 3.8) is 0 Å². The Labute approximate surface area is 275 Å². The fraction of sp³-hybridized carbons (Fsp3) is 0.447. The molecule has 250 valence electrons. The molecule has 0 bridgehead atoms. The molecule has 9 heteroatoms. The van der Waals surface area contributed by atoms with Crippen LogP contribution in [0, 0.1) is 11.8 Å². The number of allylic oxidation sites excluding steroid dienone is 1. The maximum atomic E-state index is 13.5. The Hall–Kier alpha value is -3.82. The van der Waals surface area contributed by atoms with Gasteiger partial charge in [-0.1, -0.05) is 67.4 Å². The molecule has 6 nitrogen and oxygen atoms in total. The van der Waals surface area contributed by atoms with E-state index in [2.05, 4.69) is 10.3 Å². The number of para-hydroxylation sites is 1. The number of nitrogens with zero attached hydrogens (tertiary/aromatic N) is 1. The van der Waals surface area contributed by atoms with Crippen LogP contribution >= 0.6 is 0 Å². The van der Waals surface area contributed by atoms with Gasteiger partial charge in [0.25, 0.3) is 0 Å². The number of alkyl halides is 3. The van der Waals surface area contributed by atoms with Gasteiger partial charge in [0.05, 0.1) is 6.04 Å². The van der Waals surface area contributed by atoms with E-state index < -0.39 is 17.9 Å². The zero-order valence-corrected chi connectivity index (χ0v) is 26.7. The average Bonchev–Trinajstić information content (AvgIpc) is 3.85. The molecule has 1 aromatic heterocycles. The molecule has 47 heavy (non-hydrogen) atoms. The molecule has 1 saturated heterocycles. The monoisotopic (exact) mass is 647 g/mol. The minimum Gasteiger partial charge on any atom is -0.398 e. The molecule has 2 fully saturated rings. The number of ether oxygens (including phenoxy) is 1. The van der Waals surface area contributed by atoms with Crippen molar-refractivity contribution in [3.05, 3.63) is 101 Å². The molecule has 1 aliphatic heterocycles. The molecule has 5 rings (SSSR count). The van der Waals surface area contributed by atoms with Crippen LogP contribution in [-0.4, -0.2) is 36.3 Å². The standard InChI is InChI=1S/C38H44F3N3O3/c39-38(40,41)36-19-14-28(25-44-36)13-18-35(46)37(43-21-5-7-26-6-3-4-22-47-23-20-26)29-15-10-27(11-16-29)12-17-34(45)32-24-31(32)30-8-1-2-9-33(30)42/h1-2,8-12,14-17,19,25-26,31-32,37,43H,3-7,13,18,20-24,42H2/b17-12+. The highest BCUT2D eigenvalue weighted by molar-refractivity contribution is 5.98. The number of nitrogen functional groups attached to an aromatic ring is 1. The van der Waals surface area contributed by atoms with Crippen molar-refractivity contribution in [2.24, 2.45) is 11.8 Å². The van der Waals surface area contributed by atoms with E-state index in [1.165, 1.54) is 25.1 Å². The molecule has 4 unspecified atom stereocenters. The lowest BCUT2D eigenvalue weighted by molar-refractivity contribution is -0.141. The summed E-state index contributed by atoms with van der Waals surface area (Å²) >= 11 is 0. The van der Waals surface area contributed by atoms with Crippen LogP contribution < -0.4 is 11.1 Å². The number of carbonyl (C=O) groups excluding carboxylic acids is 2. The van der Waals surface area contributed by atoms with Gasteiger partial charge in [0.15, 0.2) is 11.6 Å². The number of pyridine rings is 1. The Kier molecular flexibility index (Phi) is 12.0. The van der Waals surface area contributed by atoms with E-state index in [0.717, 1.165) is 73.8 Å². The molecule has 3 aromatic rings. The Morgan fingerprint density at radius 2 is 1.83 bits per heavy atom. The van der Waals surface area contributed by atoms with Gasteiger partial charge in [-0.25, -0.2) is 0 Å². The number of ketones is 2. The van der Waals surface area contributed by atoms with E-state index >= 15 is 0 Å². The van der Waals surface area contributed by atoms with Gasteiger partial charge >= 0.3 is 6.18 Å². The smallest absolute Gasteiger partial charge is 0.398 e. The first kappa shape index (κ1) is 34.5. The number of rotatable bonds is 14. The van der Waals surface area contributed by atoms with Crippen molar-refractivity contribution in [1.29, 1.82) is 0 Å². The molecular weight excluding hydrogens is 603 g/mol. The number of benzene rings is 2. The molecule has 2 aliphatic rings. The predicted molar refractivity (Wildman–Crippen MR) is 178 cm³/mol. The van der Waals surface area contributed by atoms with Gasteiger partial charge in [0, 0.05) is 37.4 Å². The number of aromatic nitrogens is 1. The van der Waals surface area contributed by atoms with Gasteiger partial charge in [-0.3, -0.25) is 14.6 Å². The Balaban J connectivity index is 1.19. The summed E-state index contributed by atoms with van der Waals surface area (Å²) in [6, 6.07) is 17.0. The average molecular weight is 648 g/mol. The summed E-state index contributed by atoms with van der Waals surface area (Å²) in [5.74, 6) is 0.750. The number of aryl methyl sites for hydroxylation is 1. The number of halogens is 3. The van der Waals surface area contributed by atoms with Gasteiger partial charge in [-0.05, 0) is 97.4 Å². The number of hydrogen-bond donors (Lipinski definition) is 2. The van der Waals surface area contributed by atoms with Gasteiger partial charge in [-0.2, -0.15) is 13.2 Å². The molecule has 3 N–H and O–H groups in total. The molecular formula is C38H44F3N3O3. The third kappa shape index (κ3) is 10.1. The van der Waals surface area contributed by atoms with Crippen LogP contribution in [0.5, 0.6) is 0 Å². The van der Waals surface area contributed by atoms with Crippen molar-refractivity contribution >= 4 is 23.3 Å². The largest absolute Gasteiger partial charge is 0.433 e. The summed E-state index contributed by atoms with van der Waals surface area (Å²) in [5, 5.41) is 3.46. The fourth-order valence-electron chi connectivity index (χ4n) is 6.43. The molecule has 0 radical (unpaired) electrons. The minimum absolute atomic E-state index is 0.0392. The van der Waals surface area contributed by atoms with Crippen LogP contribution in [0.1, 0.15) is 91.3 Å². The summed E-state index contributed by atoms with van der Waals surface area (Å²) in [6.45, 7) is 2.31. The van der Waals surface area contributed by atoms with Gasteiger partial charge in [-0.15, -0.1) is 0 Å². The highest BCUT2D eigenvalue weighted by Gasteiger charge is 2.43. The van der Waals surface area contributed by atoms with Crippen molar-refractivity contribution in [1.82, 2.24) is 10.3 Å². The third-order valence-corrected chi connectivity index (χ3v) is 9.32. The second kappa shape index (κ2) is 16.3. The maximum Gasteiger partial charge on any atom is 0.433 e. The maximum absolute atomic E-state index is 13.5. The number of Topliss-reactive ketones (excluding diaryl/α,β-unsaturated/α-hetero) is 1. The van der Waals surface area contributed by atoms with E-state index in [1.54, 1.807) is 12.2 Å². The highest BCUT2D eigenvalue weighted by atomic mass is 19.4. The lowest BCUT2D eigenvalue weighted by atomic mass is 9.92. The quantitative estimate of drug-likeness (QED) is 0.105. The predicted octanol–water partition coefficient (Wildman–Crippen LogP) is 7.89. The van der Waals surface area contributed by atoms with Crippen molar-refractivity contribution in [2.45, 2.75) is 75.9 Å². The number of carbonyl (C=O) groups is 2. The van der Waals surface area contributed by atoms with E-state index in [4.69, 9.17) is 10.5 Å². The molecule has 1 aliphatic carbocycles. The third-order valence-electron chi connectivity index (χ3n) is 9.32. The minimum atomic E-state index is -4.50. The zero-order valence-electron chi connectivity index (χ0n) is 26.7. The Bertz CT molecular complexity index is 1500. The number of nitrogens with two attached hydrogens (primary N) is 1. The molecule has 0 spiro atoms. The Morgan fingerprint density at radius 3 is 2.57 bits per heavy atom. The van der Waals surface area contributed by atoms with E-state index in [0.29, 0.717) is 24.4 Å². The van der Waals surface area contributed by atoms with E-state index in [1.807, 2.05) is 48.5 Å². The van der Waals surface area contributed by atoms with Crippen molar-refractivity contribution in [2.75, 3.05) is 25.5 Å². The van der Waals surface area contributed by atoms with Crippen molar-refractivity contribution < 1.29 is 27.5 Å². The number of hydrogen-bond acceptors (Lipinski definition) is 6. The molecule has 1 saturated carbocycles. The normalized spacial score (nSPS) is 20.8. The summed E-state index contributed by atoms with van der Waals surface area (Å²) in [5.41, 5.74) is 9.14. The van der Waals surface area contributed by atoms with Crippen LogP contribution in [0.25, 0.3) is 6.08 Å². The van der Waals surface area contributed by atoms with Crippen LogP contribution in [0.4, 0.5) is 18.9 Å². The molecule has 2 aromatic carbocycles. The Morgan fingerprint density at radius 1 is 1.02 bits per heavy atom. The first-order valence-corrected chi connectivity index (χ1v) is 16.7. The molecule has 2 heterocycles. The zero-order chi connectivity index (χ0) is 33.2. The summed E-state index contributed by atoms with van der Waals surface area (Å²) in [6.07, 6.45) is 7.89. The second-order valence-corrected chi connectivity index (χ2v) is 12.8. The van der Waals surface area contributed by atoms with Crippen LogP contribution in [0.2, 0.25) is 0 Å². The van der Waals surface area contributed by atoms with Crippen LogP contribution in [0.15, 0.2) is 72.9 Å². The first-order chi connectivity index (χ1) is 22.7. The van der Waals surface area contributed by atoms with Crippen LogP contribution in [-0.2, 0) is 26.9 Å². The number of anilines is 1. The second-order valence-electron chi connectivity index (χ2n) is 12.8. The number of nitrogens with one attached hydrogen (secondary N) is 1. The summed E-state index contributed by atoms with van der Waals surface area (Å²) in [7, 11) is 0. The highest BCUT2D eigenvalue weighted by Crippen LogP contribution is 2.50. The topological polar surface area (TPSA) is 94.3 Å². The molecule has 0 amide bonds. The summed E-state index contributed by atoms with van der Waals surface area (Å²) in [4.78, 5) is 29.9. The van der Waals surface area contributed by atoms with Crippen LogP contribution in [0.3, 0.4) is 0 Å². The van der Waals surface area contributed by atoms with Gasteiger partial charge in [0.2, 0.25) is 0 Å². The fourth-order valence-corrected chi connectivity index (χ4v) is 6.43. The van der Waals surface area contributed by atoms with E-state index in [-0.39, 0.29) is 29.8 Å². The lowest BCUT2D eigenvalue weighted by Gasteiger charge is -2.22. The molecule has 4 atom stereocenters. The summed E-state index contributed by atoms with van der Waals surface area (Å²) < 4.78 is 44.4. The van der Waals surface area contributed by atoms with Gasteiger partial charge in [0.1, 0.15) is 5.69 Å².